The molecule has 1 N–H and O–H groups in total. The van der Waals surface area contributed by atoms with Crippen LogP contribution in [0.2, 0.25) is 0 Å². The van der Waals surface area contributed by atoms with E-state index in [1.807, 2.05) is 25.7 Å². The van der Waals surface area contributed by atoms with E-state index < -0.39 is 35.4 Å². The maximum atomic E-state index is 13.8. The lowest BCUT2D eigenvalue weighted by atomic mass is 9.88. The second-order valence-corrected chi connectivity index (χ2v) is 6.86. The summed E-state index contributed by atoms with van der Waals surface area (Å²) in [7, 11) is 0. The van der Waals surface area contributed by atoms with Crippen molar-refractivity contribution in [3.8, 4) is 0 Å². The van der Waals surface area contributed by atoms with Gasteiger partial charge in [-0.15, -0.1) is 0 Å². The number of carbonyl (C=O) groups is 1. The Balaban J connectivity index is 2.36. The van der Waals surface area contributed by atoms with Gasteiger partial charge < -0.3 is 5.11 Å². The van der Waals surface area contributed by atoms with Crippen molar-refractivity contribution in [3.05, 3.63) is 35.1 Å². The van der Waals surface area contributed by atoms with Crippen LogP contribution < -0.4 is 0 Å². The number of rotatable bonds is 2. The van der Waals surface area contributed by atoms with Gasteiger partial charge in [0.05, 0.1) is 11.5 Å². The van der Waals surface area contributed by atoms with Gasteiger partial charge in [0, 0.05) is 24.5 Å². The number of halogens is 4. The maximum Gasteiger partial charge on any atom is 0.419 e. The van der Waals surface area contributed by atoms with Gasteiger partial charge in [-0.05, 0) is 38.5 Å². The van der Waals surface area contributed by atoms with Gasteiger partial charge in [-0.1, -0.05) is 6.07 Å². The molecule has 1 aliphatic rings. The number of alkyl halides is 3. The van der Waals surface area contributed by atoms with Crippen LogP contribution in [0.25, 0.3) is 0 Å². The van der Waals surface area contributed by atoms with Crippen molar-refractivity contribution in [2.45, 2.75) is 38.4 Å². The first-order valence-electron chi connectivity index (χ1n) is 7.25. The van der Waals surface area contributed by atoms with Crippen LogP contribution >= 0.6 is 0 Å². The Hall–Kier alpha value is -1.63. The third-order valence-corrected chi connectivity index (χ3v) is 4.31. The average molecular weight is 333 g/mol. The number of aliphatic carboxylic acids is 1. The second kappa shape index (κ2) is 5.78. The number of carboxylic acids is 1. The zero-order valence-corrected chi connectivity index (χ0v) is 13.1. The minimum atomic E-state index is -4.76. The van der Waals surface area contributed by atoms with Gasteiger partial charge in [-0.25, -0.2) is 4.39 Å². The minimum absolute atomic E-state index is 0.271. The summed E-state index contributed by atoms with van der Waals surface area (Å²) in [5.41, 5.74) is -1.32. The standard InChI is InChI=1S/C16H19F4NO2/c1-15(2,3)21-7-10(11(8-21)14(22)23)9-4-5-12(13(17)6-9)16(18,19)20/h4-6,10-11H,7-8H2,1-3H3,(H,22,23)/t10-,11+/m1/s1. The molecule has 2 rings (SSSR count). The molecule has 1 aromatic carbocycles. The van der Waals surface area contributed by atoms with Crippen molar-refractivity contribution < 1.29 is 27.5 Å². The van der Waals surface area contributed by atoms with Crippen LogP contribution in [0.3, 0.4) is 0 Å². The first-order valence-corrected chi connectivity index (χ1v) is 7.25. The van der Waals surface area contributed by atoms with Gasteiger partial charge in [0.15, 0.2) is 0 Å². The van der Waals surface area contributed by atoms with Crippen LogP contribution in [0.4, 0.5) is 17.6 Å². The molecular formula is C16H19F4NO2. The lowest BCUT2D eigenvalue weighted by Gasteiger charge is -2.31. The molecule has 23 heavy (non-hydrogen) atoms. The molecule has 0 radical (unpaired) electrons. The van der Waals surface area contributed by atoms with Crippen molar-refractivity contribution in [1.29, 1.82) is 0 Å². The highest BCUT2D eigenvalue weighted by Crippen LogP contribution is 2.38. The van der Waals surface area contributed by atoms with Gasteiger partial charge in [0.2, 0.25) is 0 Å². The van der Waals surface area contributed by atoms with Gasteiger partial charge in [-0.3, -0.25) is 9.69 Å². The Labute approximate surface area is 131 Å². The molecule has 3 nitrogen and oxygen atoms in total. The molecule has 2 atom stereocenters. The Kier molecular flexibility index (Phi) is 4.45. The molecule has 1 aliphatic heterocycles. The average Bonchev–Trinajstić information content (AvgIpc) is 2.81. The molecule has 0 amide bonds. The van der Waals surface area contributed by atoms with Gasteiger partial charge >= 0.3 is 12.1 Å². The number of hydrogen-bond donors (Lipinski definition) is 1. The van der Waals surface area contributed by atoms with Crippen LogP contribution in [-0.4, -0.2) is 34.6 Å². The molecule has 128 valence electrons. The summed E-state index contributed by atoms with van der Waals surface area (Å²) >= 11 is 0. The van der Waals surface area contributed by atoms with Crippen molar-refractivity contribution in [3.63, 3.8) is 0 Å². The van der Waals surface area contributed by atoms with E-state index in [4.69, 9.17) is 0 Å². The van der Waals surface area contributed by atoms with E-state index in [2.05, 4.69) is 0 Å². The monoisotopic (exact) mass is 333 g/mol. The Morgan fingerprint density at radius 3 is 2.26 bits per heavy atom. The normalized spacial score (nSPS) is 23.3. The predicted molar refractivity (Wildman–Crippen MR) is 76.6 cm³/mol. The molecule has 0 aromatic heterocycles. The van der Waals surface area contributed by atoms with Gasteiger partial charge in [0.25, 0.3) is 0 Å². The highest BCUT2D eigenvalue weighted by molar-refractivity contribution is 5.72. The Morgan fingerprint density at radius 1 is 1.22 bits per heavy atom. The lowest BCUT2D eigenvalue weighted by Crippen LogP contribution is -2.40. The summed E-state index contributed by atoms with van der Waals surface area (Å²) in [6, 6.07) is 2.68. The molecule has 7 heteroatoms. The third kappa shape index (κ3) is 3.65. The van der Waals surface area contributed by atoms with Gasteiger partial charge in [-0.2, -0.15) is 13.2 Å². The highest BCUT2D eigenvalue weighted by atomic mass is 19.4. The van der Waals surface area contributed by atoms with Crippen molar-refractivity contribution in [2.24, 2.45) is 5.92 Å². The number of likely N-dealkylation sites (tertiary alicyclic amines) is 1. The van der Waals surface area contributed by atoms with E-state index in [9.17, 15) is 27.5 Å². The maximum absolute atomic E-state index is 13.8. The van der Waals surface area contributed by atoms with E-state index in [-0.39, 0.29) is 17.6 Å². The summed E-state index contributed by atoms with van der Waals surface area (Å²) in [5.74, 6) is -3.70. The zero-order chi connectivity index (χ0) is 17.6. The number of carboxylic acid groups (broad SMARTS) is 1. The molecule has 0 unspecified atom stereocenters. The fourth-order valence-corrected chi connectivity index (χ4v) is 2.93. The van der Waals surface area contributed by atoms with Crippen LogP contribution in [0.15, 0.2) is 18.2 Å². The van der Waals surface area contributed by atoms with Crippen molar-refractivity contribution in [1.82, 2.24) is 4.90 Å². The molecule has 0 aliphatic carbocycles. The lowest BCUT2D eigenvalue weighted by molar-refractivity contribution is -0.142. The van der Waals surface area contributed by atoms with E-state index in [0.717, 1.165) is 6.07 Å². The van der Waals surface area contributed by atoms with E-state index in [1.54, 1.807) is 0 Å². The largest absolute Gasteiger partial charge is 0.481 e. The summed E-state index contributed by atoms with van der Waals surface area (Å²) < 4.78 is 51.7. The fraction of sp³-hybridized carbons (Fsp3) is 0.562. The topological polar surface area (TPSA) is 40.5 Å². The van der Waals surface area contributed by atoms with E-state index in [0.29, 0.717) is 12.6 Å². The SMILES string of the molecule is CC(C)(C)N1C[C@H](C(=O)O)[C@@H](c2ccc(C(F)(F)F)c(F)c2)C1. The van der Waals surface area contributed by atoms with Crippen molar-refractivity contribution >= 4 is 5.97 Å². The molecule has 1 heterocycles. The Morgan fingerprint density at radius 2 is 1.83 bits per heavy atom. The molecule has 1 fully saturated rings. The highest BCUT2D eigenvalue weighted by Gasteiger charge is 2.43. The number of hydrogen-bond acceptors (Lipinski definition) is 2. The Bertz CT molecular complexity index is 607. The van der Waals surface area contributed by atoms with E-state index >= 15 is 0 Å². The molecule has 0 spiro atoms. The van der Waals surface area contributed by atoms with Crippen LogP contribution in [0.1, 0.15) is 37.8 Å². The summed E-state index contributed by atoms with van der Waals surface area (Å²) in [6.45, 7) is 6.45. The summed E-state index contributed by atoms with van der Waals surface area (Å²) in [6.07, 6.45) is -4.76. The zero-order valence-electron chi connectivity index (χ0n) is 13.1. The summed E-state index contributed by atoms with van der Waals surface area (Å²) in [4.78, 5) is 13.4. The molecular weight excluding hydrogens is 314 g/mol. The second-order valence-electron chi connectivity index (χ2n) is 6.86. The minimum Gasteiger partial charge on any atom is -0.481 e. The quantitative estimate of drug-likeness (QED) is 0.838. The number of benzene rings is 1. The molecule has 1 aromatic rings. The van der Waals surface area contributed by atoms with Crippen molar-refractivity contribution in [2.75, 3.05) is 13.1 Å². The third-order valence-electron chi connectivity index (χ3n) is 4.31. The van der Waals surface area contributed by atoms with Gasteiger partial charge in [0.1, 0.15) is 5.82 Å². The first kappa shape index (κ1) is 17.7. The molecule has 0 saturated carbocycles. The van der Waals surface area contributed by atoms with Crippen LogP contribution in [-0.2, 0) is 11.0 Å². The summed E-state index contributed by atoms with van der Waals surface area (Å²) in [5, 5.41) is 9.38. The first-order chi connectivity index (χ1) is 10.4. The predicted octanol–water partition coefficient (Wildman–Crippen LogP) is 3.74. The van der Waals surface area contributed by atoms with Crippen LogP contribution in [0.5, 0.6) is 0 Å². The molecule has 0 bridgehead atoms. The van der Waals surface area contributed by atoms with Crippen LogP contribution in [0, 0.1) is 11.7 Å². The fourth-order valence-electron chi connectivity index (χ4n) is 2.93. The smallest absolute Gasteiger partial charge is 0.419 e. The molecule has 1 saturated heterocycles. The number of nitrogens with zero attached hydrogens (tertiary/aromatic N) is 1. The van der Waals surface area contributed by atoms with E-state index in [1.165, 1.54) is 6.07 Å².